The molecule has 0 saturated heterocycles. The number of fused-ring (bicyclic) bond motifs is 2. The number of rotatable bonds is 9. The number of carbonyl (C=O) groups is 1. The predicted octanol–water partition coefficient (Wildman–Crippen LogP) is 4.87. The van der Waals surface area contributed by atoms with Gasteiger partial charge in [0.05, 0.1) is 11.7 Å². The normalized spacial score (nSPS) is 16.9. The van der Waals surface area contributed by atoms with Gasteiger partial charge in [-0.15, -0.1) is 0 Å². The molecule has 1 fully saturated rings. The molecular formula is C30H32N6O3S2. The number of benzene rings is 2. The maximum Gasteiger partial charge on any atom is 0.243 e. The minimum Gasteiger partial charge on any atom is -0.361 e. The summed E-state index contributed by atoms with van der Waals surface area (Å²) in [4.78, 5) is 22.1. The summed E-state index contributed by atoms with van der Waals surface area (Å²) in [5.41, 5.74) is 1.70. The first-order valence-electron chi connectivity index (χ1n) is 13.8. The van der Waals surface area contributed by atoms with Gasteiger partial charge >= 0.3 is 0 Å². The van der Waals surface area contributed by atoms with Crippen molar-refractivity contribution in [1.82, 2.24) is 28.8 Å². The zero-order valence-corrected chi connectivity index (χ0v) is 24.4. The Morgan fingerprint density at radius 1 is 1.02 bits per heavy atom. The number of amides is 1. The molecule has 3 aromatic heterocycles. The number of aromatic nitrogens is 4. The van der Waals surface area contributed by atoms with Crippen LogP contribution in [0.3, 0.4) is 0 Å². The molecule has 1 atom stereocenters. The van der Waals surface area contributed by atoms with Gasteiger partial charge in [0.2, 0.25) is 15.9 Å². The molecule has 0 aliphatic heterocycles. The molecule has 0 unspecified atom stereocenters. The largest absolute Gasteiger partial charge is 0.361 e. The number of nitrogens with one attached hydrogen (secondary N) is 3. The van der Waals surface area contributed by atoms with E-state index in [4.69, 9.17) is 0 Å². The van der Waals surface area contributed by atoms with Crippen molar-refractivity contribution in [3.05, 3.63) is 84.3 Å². The number of nitrogens with zero attached hydrogens (tertiary/aromatic N) is 3. The first-order valence-corrected chi connectivity index (χ1v) is 16.0. The molecule has 1 aliphatic carbocycles. The molecule has 0 bridgehead atoms. The number of H-pyrrole nitrogens is 1. The average Bonchev–Trinajstić information content (AvgIpc) is 3.64. The Hall–Kier alpha value is -3.67. The van der Waals surface area contributed by atoms with Gasteiger partial charge in [-0.3, -0.25) is 9.78 Å². The Morgan fingerprint density at radius 3 is 2.63 bits per heavy atom. The van der Waals surface area contributed by atoms with Gasteiger partial charge in [0.1, 0.15) is 21.5 Å². The fourth-order valence-corrected chi connectivity index (χ4v) is 8.18. The average molecular weight is 589 g/mol. The third kappa shape index (κ3) is 5.37. The van der Waals surface area contributed by atoms with Gasteiger partial charge in [-0.2, -0.15) is 13.5 Å². The lowest BCUT2D eigenvalue weighted by molar-refractivity contribution is -0.126. The molecule has 1 aliphatic rings. The van der Waals surface area contributed by atoms with Crippen LogP contribution in [0.1, 0.15) is 50.3 Å². The monoisotopic (exact) mass is 588 g/mol. The summed E-state index contributed by atoms with van der Waals surface area (Å²) in [6.45, 7) is 2.02. The number of aromatic amines is 1. The molecule has 3 heterocycles. The molecule has 1 amide bonds. The molecule has 2 aromatic carbocycles. The predicted molar refractivity (Wildman–Crippen MR) is 160 cm³/mol. The minimum atomic E-state index is -4.16. The van der Waals surface area contributed by atoms with E-state index < -0.39 is 21.5 Å². The van der Waals surface area contributed by atoms with Gasteiger partial charge in [0.25, 0.3) is 0 Å². The van der Waals surface area contributed by atoms with Crippen molar-refractivity contribution in [2.45, 2.75) is 61.3 Å². The summed E-state index contributed by atoms with van der Waals surface area (Å²) in [6, 6.07) is 18.5. The molecule has 0 radical (unpaired) electrons. The first-order chi connectivity index (χ1) is 19.8. The van der Waals surface area contributed by atoms with E-state index >= 15 is 0 Å². The van der Waals surface area contributed by atoms with Crippen LogP contribution in [0.15, 0.2) is 78.0 Å². The van der Waals surface area contributed by atoms with Crippen LogP contribution in [0.4, 0.5) is 0 Å². The molecular weight excluding hydrogens is 557 g/mol. The lowest BCUT2D eigenvalue weighted by Gasteiger charge is -2.38. The van der Waals surface area contributed by atoms with Crippen LogP contribution >= 0.6 is 11.7 Å². The highest BCUT2D eigenvalue weighted by atomic mass is 32.2. The molecule has 1 saturated carbocycles. The van der Waals surface area contributed by atoms with Crippen LogP contribution in [0, 0.1) is 0 Å². The van der Waals surface area contributed by atoms with Crippen molar-refractivity contribution in [3.8, 4) is 0 Å². The molecule has 5 aromatic rings. The summed E-state index contributed by atoms with van der Waals surface area (Å²) in [5, 5.41) is 4.10. The highest BCUT2D eigenvalue weighted by molar-refractivity contribution is 7.89. The molecule has 212 valence electrons. The molecule has 3 N–H and O–H groups in total. The smallest absolute Gasteiger partial charge is 0.243 e. The summed E-state index contributed by atoms with van der Waals surface area (Å²) in [6.07, 6.45) is 8.85. The number of para-hydroxylation sites is 1. The van der Waals surface area contributed by atoms with Gasteiger partial charge in [0, 0.05) is 47.4 Å². The summed E-state index contributed by atoms with van der Waals surface area (Å²) < 4.78 is 38.9. The van der Waals surface area contributed by atoms with Crippen molar-refractivity contribution in [3.63, 3.8) is 0 Å². The Bertz CT molecular complexity index is 1790. The summed E-state index contributed by atoms with van der Waals surface area (Å²) in [7, 11) is -4.16. The number of hydrogen-bond acceptors (Lipinski definition) is 7. The van der Waals surface area contributed by atoms with E-state index in [2.05, 4.69) is 28.8 Å². The van der Waals surface area contributed by atoms with Crippen molar-refractivity contribution in [2.75, 3.05) is 6.54 Å². The zero-order chi connectivity index (χ0) is 28.5. The van der Waals surface area contributed by atoms with Crippen LogP contribution in [0.5, 0.6) is 0 Å². The Labute approximate surface area is 243 Å². The minimum absolute atomic E-state index is 0.000983. The second-order valence-electron chi connectivity index (χ2n) is 11.1. The number of hydrogen-bond donors (Lipinski definition) is 3. The Kier molecular flexibility index (Phi) is 7.35. The lowest BCUT2D eigenvalue weighted by Crippen LogP contribution is -2.59. The van der Waals surface area contributed by atoms with Crippen molar-refractivity contribution >= 4 is 49.6 Å². The van der Waals surface area contributed by atoms with E-state index in [0.29, 0.717) is 12.1 Å². The zero-order valence-electron chi connectivity index (χ0n) is 22.8. The van der Waals surface area contributed by atoms with Crippen LogP contribution in [0.2, 0.25) is 0 Å². The molecule has 6 rings (SSSR count). The lowest BCUT2D eigenvalue weighted by atomic mass is 9.71. The van der Waals surface area contributed by atoms with E-state index in [1.165, 1.54) is 6.07 Å². The molecule has 41 heavy (non-hydrogen) atoms. The fraction of sp³-hybridized carbons (Fsp3) is 0.333. The van der Waals surface area contributed by atoms with Crippen LogP contribution in [-0.2, 0) is 26.7 Å². The summed E-state index contributed by atoms with van der Waals surface area (Å²) in [5.74, 6) is -0.393. The van der Waals surface area contributed by atoms with Gasteiger partial charge in [-0.1, -0.05) is 49.6 Å². The van der Waals surface area contributed by atoms with Gasteiger partial charge in [-0.25, -0.2) is 8.42 Å². The van der Waals surface area contributed by atoms with E-state index in [1.807, 2.05) is 48.7 Å². The molecule has 11 heteroatoms. The molecule has 0 spiro atoms. The van der Waals surface area contributed by atoms with E-state index in [-0.39, 0.29) is 22.2 Å². The van der Waals surface area contributed by atoms with Gasteiger partial charge in [0.15, 0.2) is 0 Å². The van der Waals surface area contributed by atoms with Crippen LogP contribution in [0.25, 0.3) is 21.9 Å². The van der Waals surface area contributed by atoms with Crippen molar-refractivity contribution in [2.24, 2.45) is 0 Å². The maximum atomic E-state index is 14.2. The number of sulfonamides is 1. The van der Waals surface area contributed by atoms with Crippen molar-refractivity contribution < 1.29 is 13.2 Å². The van der Waals surface area contributed by atoms with E-state index in [9.17, 15) is 13.2 Å². The number of carbonyl (C=O) groups excluding carboxylic acids is 1. The highest BCUT2D eigenvalue weighted by Gasteiger charge is 2.42. The Balaban J connectivity index is 1.35. The Morgan fingerprint density at radius 2 is 1.83 bits per heavy atom. The standard InChI is InChI=1S/C30H32N6O3S2/c1-29(18-21-19-32-23-11-4-3-10-22(21)23,36-41(38,39)25-13-9-12-24-27(25)35-40-34-24)28(37)33-20-30(15-6-2-7-16-30)26-14-5-8-17-31-26/h3-5,8-14,17,19,32,36H,2,6-7,15-16,18,20H2,1H3,(H,33,37)/t29-/m0/s1. The van der Waals surface area contributed by atoms with Gasteiger partial charge < -0.3 is 10.3 Å². The molecule has 9 nitrogen and oxygen atoms in total. The van der Waals surface area contributed by atoms with E-state index in [0.717, 1.165) is 66.0 Å². The summed E-state index contributed by atoms with van der Waals surface area (Å²) >= 11 is 0.952. The first kappa shape index (κ1) is 27.5. The van der Waals surface area contributed by atoms with Crippen LogP contribution in [-0.4, -0.2) is 45.1 Å². The van der Waals surface area contributed by atoms with Crippen LogP contribution < -0.4 is 10.0 Å². The fourth-order valence-electron chi connectivity index (χ4n) is 6.04. The second-order valence-corrected chi connectivity index (χ2v) is 13.3. The second kappa shape index (κ2) is 11.0. The quantitative estimate of drug-likeness (QED) is 0.225. The third-order valence-electron chi connectivity index (χ3n) is 8.22. The van der Waals surface area contributed by atoms with Gasteiger partial charge in [-0.05, 0) is 55.7 Å². The third-order valence-corrected chi connectivity index (χ3v) is 10.4. The van der Waals surface area contributed by atoms with Crippen molar-refractivity contribution in [1.29, 1.82) is 0 Å². The topological polar surface area (TPSA) is 130 Å². The highest BCUT2D eigenvalue weighted by Crippen LogP contribution is 2.38. The SMILES string of the molecule is C[C@@](Cc1c[nH]c2ccccc12)(NS(=O)(=O)c1cccc2nsnc12)C(=O)NCC1(c2ccccn2)CCCCC1. The maximum absolute atomic E-state index is 14.2. The number of pyridine rings is 1. The van der Waals surface area contributed by atoms with E-state index in [1.54, 1.807) is 25.3 Å².